The minimum atomic E-state index is 1.02. The van der Waals surface area contributed by atoms with Crippen LogP contribution >= 0.6 is 0 Å². The average Bonchev–Trinajstić information content (AvgIpc) is 2.74. The second kappa shape index (κ2) is 11.7. The topological polar surface area (TPSA) is 0 Å². The van der Waals surface area contributed by atoms with Gasteiger partial charge in [0.15, 0.2) is 0 Å². The molecule has 0 heterocycles. The van der Waals surface area contributed by atoms with Crippen molar-refractivity contribution in [3.63, 3.8) is 0 Å². The second-order valence-electron chi connectivity index (χ2n) is 12.3. The smallest absolute Gasteiger partial charge is 0.0504 e. The van der Waals surface area contributed by atoms with E-state index in [0.29, 0.717) is 0 Å². The van der Waals surface area contributed by atoms with E-state index < -0.39 is 0 Å². The molecule has 4 aliphatic rings. The van der Waals surface area contributed by atoms with E-state index >= 15 is 0 Å². The molecule has 0 aromatic heterocycles. The average molecular weight is 593 g/mol. The third-order valence-electron chi connectivity index (χ3n) is 9.91. The van der Waals surface area contributed by atoms with Crippen molar-refractivity contribution in [3.05, 3.63) is 0 Å². The summed E-state index contributed by atoms with van der Waals surface area (Å²) < 4.78 is 1.16. The van der Waals surface area contributed by atoms with E-state index in [1.165, 1.54) is 38.6 Å². The molecule has 0 nitrogen and oxygen atoms in total. The molecular formula is C28H49Pb. The molecule has 0 aromatic carbocycles. The van der Waals surface area contributed by atoms with E-state index in [1.54, 1.807) is 109 Å². The monoisotopic (exact) mass is 593 g/mol. The first kappa shape index (κ1) is 23.1. The van der Waals surface area contributed by atoms with Gasteiger partial charge >= 0.3 is 130 Å². The molecule has 0 aromatic rings. The minimum absolute atomic E-state index is 1.02. The first-order valence-electron chi connectivity index (χ1n) is 13.8. The Morgan fingerprint density at radius 3 is 0.966 bits per heavy atom. The first-order chi connectivity index (χ1) is 14.1. The van der Waals surface area contributed by atoms with Crippen molar-refractivity contribution >= 4 is 25.8 Å². The molecule has 0 aliphatic heterocycles. The van der Waals surface area contributed by atoms with Crippen LogP contribution in [0, 0.1) is 41.4 Å². The van der Waals surface area contributed by atoms with Gasteiger partial charge in [-0.1, -0.05) is 45.4 Å². The molecule has 3 radical (unpaired) electrons. The van der Waals surface area contributed by atoms with Gasteiger partial charge in [-0.3, -0.25) is 0 Å². The summed E-state index contributed by atoms with van der Waals surface area (Å²) in [6, 6.07) is 0. The second-order valence-corrected chi connectivity index (χ2v) is 15.5. The Hall–Kier alpha value is 0.922. The molecule has 4 aliphatic carbocycles. The molecule has 4 saturated carbocycles. The van der Waals surface area contributed by atoms with Gasteiger partial charge < -0.3 is 0 Å². The Kier molecular flexibility index (Phi) is 9.31. The fourth-order valence-electron chi connectivity index (χ4n) is 7.78. The number of hydrogen-bond acceptors (Lipinski definition) is 0. The van der Waals surface area contributed by atoms with Crippen LogP contribution in [0.4, 0.5) is 0 Å². The third-order valence-corrected chi connectivity index (χ3v) is 12.2. The number of rotatable bonds is 6. The summed E-state index contributed by atoms with van der Waals surface area (Å²) in [6.07, 6.45) is 29.9. The van der Waals surface area contributed by atoms with E-state index in [2.05, 4.69) is 6.92 Å². The van der Waals surface area contributed by atoms with Crippen LogP contribution in [-0.2, 0) is 0 Å². The van der Waals surface area contributed by atoms with Crippen LogP contribution in [0.3, 0.4) is 0 Å². The molecule has 29 heavy (non-hydrogen) atoms. The normalized spacial score (nSPS) is 44.5. The van der Waals surface area contributed by atoms with Crippen LogP contribution in [0.2, 0.25) is 3.48 Å². The standard InChI is InChI=1S/C28H49.Pb/c1-22-7-9-24(10-8-22)20-26-15-17-28(18-16-26)21-27-13-11-25(12-14-27)19-23-5-3-2-4-6-23;/h2,22-28H,3-21H2,1H3;. The maximum atomic E-state index is 2.46. The van der Waals surface area contributed by atoms with Crippen molar-refractivity contribution in [1.29, 1.82) is 0 Å². The predicted molar refractivity (Wildman–Crippen MR) is 127 cm³/mol. The number of hydrogen-bond donors (Lipinski definition) is 0. The molecule has 165 valence electrons. The third kappa shape index (κ3) is 7.48. The summed E-state index contributed by atoms with van der Waals surface area (Å²) >= 11 is 1.45. The Balaban J connectivity index is 1.08. The molecular weight excluding hydrogens is 544 g/mol. The van der Waals surface area contributed by atoms with E-state index in [0.717, 1.165) is 44.9 Å². The molecule has 0 N–H and O–H groups in total. The Labute approximate surface area is 198 Å². The van der Waals surface area contributed by atoms with Gasteiger partial charge in [0.2, 0.25) is 0 Å². The van der Waals surface area contributed by atoms with Gasteiger partial charge in [-0.15, -0.1) is 0 Å². The zero-order chi connectivity index (χ0) is 20.1. The fraction of sp³-hybridized carbons (Fsp3) is 1.00. The summed E-state index contributed by atoms with van der Waals surface area (Å²) in [5.74, 6) is 7.64. The first-order valence-corrected chi connectivity index (χ1v) is 16.1. The van der Waals surface area contributed by atoms with Crippen molar-refractivity contribution < 1.29 is 0 Å². The summed E-state index contributed by atoms with van der Waals surface area (Å²) in [6.45, 7) is 2.46. The van der Waals surface area contributed by atoms with Gasteiger partial charge in [0.05, 0.1) is 0 Å². The van der Waals surface area contributed by atoms with E-state index in [9.17, 15) is 0 Å². The summed E-state index contributed by atoms with van der Waals surface area (Å²) in [7, 11) is 0. The van der Waals surface area contributed by atoms with Gasteiger partial charge in [0.1, 0.15) is 0 Å². The van der Waals surface area contributed by atoms with Gasteiger partial charge in [-0.25, -0.2) is 0 Å². The summed E-state index contributed by atoms with van der Waals surface area (Å²) in [4.78, 5) is 0. The molecule has 1 heteroatoms. The van der Waals surface area contributed by atoms with Crippen LogP contribution in [0.15, 0.2) is 0 Å². The maximum absolute atomic E-state index is 2.46. The molecule has 0 amide bonds. The van der Waals surface area contributed by atoms with Crippen LogP contribution in [0.5, 0.6) is 0 Å². The van der Waals surface area contributed by atoms with E-state index in [4.69, 9.17) is 0 Å². The van der Waals surface area contributed by atoms with Crippen LogP contribution in [0.1, 0.15) is 129 Å². The van der Waals surface area contributed by atoms with Gasteiger partial charge in [0, 0.05) is 0 Å². The van der Waals surface area contributed by atoms with Crippen molar-refractivity contribution in [2.75, 3.05) is 0 Å². The SMILES string of the molecule is CC1CCC(CC2CCC(CC3CCC(CC4CC[CH]([Pb])CC4)CC3)CC2)CC1. The van der Waals surface area contributed by atoms with Crippen molar-refractivity contribution in [1.82, 2.24) is 0 Å². The van der Waals surface area contributed by atoms with Gasteiger partial charge in [0.25, 0.3) is 0 Å². The quantitative estimate of drug-likeness (QED) is 0.271. The summed E-state index contributed by atoms with van der Waals surface area (Å²) in [5, 5.41) is 0. The molecule has 0 bridgehead atoms. The van der Waals surface area contributed by atoms with E-state index in [1.807, 2.05) is 0 Å². The van der Waals surface area contributed by atoms with Crippen LogP contribution < -0.4 is 0 Å². The zero-order valence-electron chi connectivity index (χ0n) is 19.6. The predicted octanol–water partition coefficient (Wildman–Crippen LogP) is 8.74. The molecule has 0 spiro atoms. The molecule has 0 unspecified atom stereocenters. The minimum Gasteiger partial charge on any atom is -0.0504 e. The molecule has 0 atom stereocenters. The van der Waals surface area contributed by atoms with Gasteiger partial charge in [-0.2, -0.15) is 0 Å². The van der Waals surface area contributed by atoms with Crippen LogP contribution in [-0.4, -0.2) is 25.8 Å². The van der Waals surface area contributed by atoms with Crippen molar-refractivity contribution in [3.8, 4) is 0 Å². The van der Waals surface area contributed by atoms with Gasteiger partial charge in [-0.05, 0) is 24.2 Å². The van der Waals surface area contributed by atoms with Crippen molar-refractivity contribution in [2.24, 2.45) is 41.4 Å². The molecule has 4 rings (SSSR count). The molecule has 0 saturated heterocycles. The zero-order valence-corrected chi connectivity index (χ0v) is 23.4. The molecule has 4 fully saturated rings. The van der Waals surface area contributed by atoms with E-state index in [-0.39, 0.29) is 0 Å². The fourth-order valence-corrected chi connectivity index (χ4v) is 9.08. The summed E-state index contributed by atoms with van der Waals surface area (Å²) in [5.41, 5.74) is 0. The Morgan fingerprint density at radius 1 is 0.414 bits per heavy atom. The Bertz CT molecular complexity index is 399. The van der Waals surface area contributed by atoms with Crippen molar-refractivity contribution in [2.45, 2.75) is 132 Å². The van der Waals surface area contributed by atoms with Crippen LogP contribution in [0.25, 0.3) is 0 Å². The Morgan fingerprint density at radius 2 is 0.655 bits per heavy atom.